The first kappa shape index (κ1) is 23.9. The van der Waals surface area contributed by atoms with Crippen molar-refractivity contribution in [2.45, 2.75) is 18.5 Å². The Morgan fingerprint density at radius 1 is 0.909 bits per heavy atom. The fraction of sp³-hybridized carbons (Fsp3) is 0.478. The highest BCUT2D eigenvalue weighted by atomic mass is 35.5. The molecule has 0 radical (unpaired) electrons. The van der Waals surface area contributed by atoms with E-state index in [1.807, 2.05) is 23.9 Å². The fourth-order valence-corrected chi connectivity index (χ4v) is 6.35. The topological polar surface area (TPSA) is 84.9 Å². The van der Waals surface area contributed by atoms with Gasteiger partial charge in [-0.2, -0.15) is 0 Å². The predicted octanol–water partition coefficient (Wildman–Crippen LogP) is 3.17. The zero-order chi connectivity index (χ0) is 24.0. The molecule has 10 heteroatoms. The predicted molar refractivity (Wildman–Crippen MR) is 123 cm³/mol. The van der Waals surface area contributed by atoms with Crippen molar-refractivity contribution in [3.8, 4) is 0 Å². The van der Waals surface area contributed by atoms with E-state index in [1.165, 1.54) is 14.2 Å². The summed E-state index contributed by atoms with van der Waals surface area (Å²) in [5.74, 6) is -0.836. The highest BCUT2D eigenvalue weighted by Crippen LogP contribution is 2.62. The van der Waals surface area contributed by atoms with Gasteiger partial charge in [-0.1, -0.05) is 23.2 Å². The Hall–Kier alpha value is -2.26. The highest BCUT2D eigenvalue weighted by molar-refractivity contribution is 6.30. The van der Waals surface area contributed by atoms with Gasteiger partial charge in [0.1, 0.15) is 10.8 Å². The molecule has 4 heterocycles. The Morgan fingerprint density at radius 2 is 1.33 bits per heavy atom. The van der Waals surface area contributed by atoms with Gasteiger partial charge in [-0.05, 0) is 44.8 Å². The molecule has 0 aliphatic carbocycles. The van der Waals surface area contributed by atoms with Gasteiger partial charge in [0.05, 0.1) is 37.7 Å². The maximum atomic E-state index is 13.5. The van der Waals surface area contributed by atoms with Gasteiger partial charge in [-0.15, -0.1) is 0 Å². The summed E-state index contributed by atoms with van der Waals surface area (Å²) < 4.78 is 10.6. The molecule has 2 unspecified atom stereocenters. The lowest BCUT2D eigenvalue weighted by Crippen LogP contribution is -2.69. The van der Waals surface area contributed by atoms with Gasteiger partial charge < -0.3 is 14.4 Å². The van der Waals surface area contributed by atoms with Crippen LogP contribution in [-0.4, -0.2) is 73.1 Å². The summed E-state index contributed by atoms with van der Waals surface area (Å²) in [4.78, 5) is 40.0. The molecule has 4 rings (SSSR count). The summed E-state index contributed by atoms with van der Waals surface area (Å²) in [6.45, 7) is 0.745. The summed E-state index contributed by atoms with van der Waals surface area (Å²) >= 11 is 12.6. The number of nitrogens with zero attached hydrogens (tertiary/aromatic N) is 4. The molecule has 8 nitrogen and oxygen atoms in total. The van der Waals surface area contributed by atoms with Gasteiger partial charge in [0.15, 0.2) is 0 Å². The molecule has 2 saturated heterocycles. The third kappa shape index (κ3) is 3.79. The van der Waals surface area contributed by atoms with Gasteiger partial charge in [-0.25, -0.2) is 0 Å². The number of hydrogen-bond donors (Lipinski definition) is 0. The number of aromatic nitrogens is 2. The third-order valence-corrected chi connectivity index (χ3v) is 7.30. The fourth-order valence-electron chi connectivity index (χ4n) is 6.02. The minimum absolute atomic E-state index is 0.200. The molecule has 2 aliphatic rings. The van der Waals surface area contributed by atoms with Crippen LogP contribution in [-0.2, 0) is 19.1 Å². The lowest BCUT2D eigenvalue weighted by atomic mass is 9.55. The average molecular weight is 493 g/mol. The highest BCUT2D eigenvalue weighted by Gasteiger charge is 2.68. The van der Waals surface area contributed by atoms with Crippen LogP contribution in [0.3, 0.4) is 0 Å². The minimum Gasteiger partial charge on any atom is -0.468 e. The van der Waals surface area contributed by atoms with Crippen molar-refractivity contribution in [2.24, 2.45) is 10.8 Å². The van der Waals surface area contributed by atoms with Crippen molar-refractivity contribution in [1.82, 2.24) is 19.8 Å². The number of hydrogen-bond acceptors (Lipinski definition) is 8. The van der Waals surface area contributed by atoms with E-state index in [0.29, 0.717) is 34.5 Å². The first-order chi connectivity index (χ1) is 15.7. The number of halogens is 2. The van der Waals surface area contributed by atoms with Gasteiger partial charge in [0, 0.05) is 35.5 Å². The Morgan fingerprint density at radius 3 is 1.70 bits per heavy atom. The van der Waals surface area contributed by atoms with E-state index >= 15 is 0 Å². The van der Waals surface area contributed by atoms with Crippen molar-refractivity contribution < 1.29 is 19.1 Å². The summed E-state index contributed by atoms with van der Waals surface area (Å²) in [5.41, 5.74) is -0.984. The van der Waals surface area contributed by atoms with Crippen molar-refractivity contribution in [3.05, 3.63) is 58.1 Å². The normalized spacial score (nSPS) is 30.0. The molecule has 33 heavy (non-hydrogen) atoms. The van der Waals surface area contributed by atoms with Crippen LogP contribution in [0.25, 0.3) is 0 Å². The van der Waals surface area contributed by atoms with Crippen LogP contribution in [0, 0.1) is 10.8 Å². The molecule has 0 N–H and O–H groups in total. The number of likely N-dealkylation sites (tertiary alicyclic amines) is 2. The maximum Gasteiger partial charge on any atom is 0.315 e. The number of carbonyl (C=O) groups excluding carboxylic acids is 2. The first-order valence-electron chi connectivity index (χ1n) is 10.5. The van der Waals surface area contributed by atoms with Crippen LogP contribution >= 0.6 is 23.2 Å². The van der Waals surface area contributed by atoms with E-state index in [0.717, 1.165) is 0 Å². The molecular formula is C23H26Cl2N4O4. The number of pyridine rings is 2. The molecule has 0 saturated carbocycles. The van der Waals surface area contributed by atoms with E-state index in [1.54, 1.807) is 36.7 Å². The number of methoxy groups -OCH3 is 2. The lowest BCUT2D eigenvalue weighted by molar-refractivity contribution is -0.205. The Labute approximate surface area is 202 Å². The van der Waals surface area contributed by atoms with Crippen LogP contribution in [0.1, 0.15) is 29.9 Å². The molecule has 0 spiro atoms. The lowest BCUT2D eigenvalue weighted by Gasteiger charge is -2.61. The Balaban J connectivity index is 2.02. The smallest absolute Gasteiger partial charge is 0.315 e. The Bertz CT molecular complexity index is 1000. The van der Waals surface area contributed by atoms with Crippen LogP contribution in [0.2, 0.25) is 10.0 Å². The first-order valence-corrected chi connectivity index (χ1v) is 11.2. The summed E-state index contributed by atoms with van der Waals surface area (Å²) in [6, 6.07) is 5.76. The Kier molecular flexibility index (Phi) is 6.39. The molecule has 2 bridgehead atoms. The summed E-state index contributed by atoms with van der Waals surface area (Å²) in [6.07, 6.45) is 3.42. The van der Waals surface area contributed by atoms with Crippen molar-refractivity contribution in [3.63, 3.8) is 0 Å². The zero-order valence-corrected chi connectivity index (χ0v) is 20.4. The SMILES string of the molecule is COC(=O)C12CN(C)CC(C(=O)OC)(C1)[C@@H](c1cc(Cl)ccn1)N(C)[C@H]2c1cc(Cl)ccn1. The number of carbonyl (C=O) groups is 2. The molecule has 0 amide bonds. The van der Waals surface area contributed by atoms with Crippen molar-refractivity contribution in [1.29, 1.82) is 0 Å². The molecule has 2 aromatic rings. The number of ether oxygens (including phenoxy) is 2. The molecule has 4 atom stereocenters. The van der Waals surface area contributed by atoms with E-state index in [2.05, 4.69) is 9.97 Å². The largest absolute Gasteiger partial charge is 0.468 e. The molecule has 2 aliphatic heterocycles. The van der Waals surface area contributed by atoms with Crippen molar-refractivity contribution >= 4 is 35.1 Å². The van der Waals surface area contributed by atoms with Crippen LogP contribution in [0.15, 0.2) is 36.7 Å². The molecule has 176 valence electrons. The second kappa shape index (κ2) is 8.83. The van der Waals surface area contributed by atoms with Crippen molar-refractivity contribution in [2.75, 3.05) is 41.4 Å². The molecule has 0 aromatic carbocycles. The third-order valence-electron chi connectivity index (χ3n) is 6.83. The van der Waals surface area contributed by atoms with Gasteiger partial charge in [-0.3, -0.25) is 24.5 Å². The standard InChI is InChI=1S/C23H26Cl2N4O4/c1-28-12-22(20(30)32-3)11-23(13-28,21(31)33-4)19(17-10-15(25)6-8-27-17)29(2)18(22)16-9-14(24)5-7-26-16/h5-10,18-19H,11-13H2,1-4H3/t18-,19+,22?,23?. The van der Waals surface area contributed by atoms with E-state index in [9.17, 15) is 9.59 Å². The van der Waals surface area contributed by atoms with Gasteiger partial charge in [0.2, 0.25) is 0 Å². The monoisotopic (exact) mass is 492 g/mol. The number of fused-ring (bicyclic) bond motifs is 2. The maximum absolute atomic E-state index is 13.5. The van der Waals surface area contributed by atoms with E-state index in [4.69, 9.17) is 32.7 Å². The second-order valence-corrected chi connectivity index (χ2v) is 9.79. The van der Waals surface area contributed by atoms with Crippen LogP contribution in [0.4, 0.5) is 0 Å². The number of esters is 2. The second-order valence-electron chi connectivity index (χ2n) is 8.91. The summed E-state index contributed by atoms with van der Waals surface area (Å²) in [5, 5.41) is 1.000. The number of piperidine rings is 2. The van der Waals surface area contributed by atoms with E-state index in [-0.39, 0.29) is 6.42 Å². The van der Waals surface area contributed by atoms with E-state index < -0.39 is 34.9 Å². The van der Waals surface area contributed by atoms with Crippen LogP contribution in [0.5, 0.6) is 0 Å². The minimum atomic E-state index is -1.10. The van der Waals surface area contributed by atoms with Crippen LogP contribution < -0.4 is 0 Å². The number of rotatable bonds is 4. The molecule has 2 aromatic heterocycles. The quantitative estimate of drug-likeness (QED) is 0.601. The average Bonchev–Trinajstić information content (AvgIpc) is 2.77. The summed E-state index contributed by atoms with van der Waals surface area (Å²) in [7, 11) is 6.46. The molecule has 2 fully saturated rings. The molecular weight excluding hydrogens is 467 g/mol. The zero-order valence-electron chi connectivity index (χ0n) is 18.9. The van der Waals surface area contributed by atoms with Gasteiger partial charge >= 0.3 is 11.9 Å². The van der Waals surface area contributed by atoms with Gasteiger partial charge in [0.25, 0.3) is 0 Å².